The van der Waals surface area contributed by atoms with E-state index in [9.17, 15) is 5.11 Å². The molecule has 0 bridgehead atoms. The number of aliphatic hydroxyl groups is 1. The zero-order valence-electron chi connectivity index (χ0n) is 10.0. The molecule has 1 N–H and O–H groups in total. The van der Waals surface area contributed by atoms with Crippen LogP contribution in [0.2, 0.25) is 0 Å². The third kappa shape index (κ3) is 3.16. The summed E-state index contributed by atoms with van der Waals surface area (Å²) in [5.41, 5.74) is 0. The number of likely N-dealkylation sites (N-methyl/N-ethyl adjacent to an activating group) is 1. The maximum Gasteiger partial charge on any atom is 0.0695 e. The van der Waals surface area contributed by atoms with Crippen molar-refractivity contribution in [1.82, 2.24) is 9.80 Å². The number of likely N-dealkylation sites (tertiary alicyclic amines) is 1. The second-order valence-electron chi connectivity index (χ2n) is 5.42. The van der Waals surface area contributed by atoms with Gasteiger partial charge < -0.3 is 10.0 Å². The summed E-state index contributed by atoms with van der Waals surface area (Å²) in [6, 6.07) is 0.685. The second kappa shape index (κ2) is 4.81. The van der Waals surface area contributed by atoms with Gasteiger partial charge in [-0.05, 0) is 52.2 Å². The number of nitrogens with zero attached hydrogens (tertiary/aromatic N) is 2. The molecule has 1 saturated heterocycles. The Bertz CT molecular complexity index is 202. The lowest BCUT2D eigenvalue weighted by atomic mass is 10.0. The number of hydrogen-bond acceptors (Lipinski definition) is 3. The van der Waals surface area contributed by atoms with Crippen molar-refractivity contribution in [3.05, 3.63) is 0 Å². The van der Waals surface area contributed by atoms with Gasteiger partial charge in [0, 0.05) is 19.1 Å². The van der Waals surface area contributed by atoms with Crippen LogP contribution in [0, 0.1) is 5.92 Å². The molecule has 2 rings (SSSR count). The Morgan fingerprint density at radius 1 is 1.33 bits per heavy atom. The maximum atomic E-state index is 9.91. The molecule has 2 aliphatic rings. The lowest BCUT2D eigenvalue weighted by Crippen LogP contribution is -2.47. The Balaban J connectivity index is 1.76. The summed E-state index contributed by atoms with van der Waals surface area (Å²) in [5, 5.41) is 9.91. The number of hydrogen-bond donors (Lipinski definition) is 1. The van der Waals surface area contributed by atoms with E-state index in [0.717, 1.165) is 13.1 Å². The molecule has 1 aliphatic carbocycles. The monoisotopic (exact) mass is 212 g/mol. The number of β-amino-alcohol motifs (C(OH)–C–C–N with tert-alkyl or cyclic N) is 1. The first-order valence-corrected chi connectivity index (χ1v) is 6.23. The topological polar surface area (TPSA) is 26.7 Å². The smallest absolute Gasteiger partial charge is 0.0695 e. The van der Waals surface area contributed by atoms with Gasteiger partial charge in [-0.2, -0.15) is 0 Å². The Morgan fingerprint density at radius 2 is 2.07 bits per heavy atom. The highest BCUT2D eigenvalue weighted by Gasteiger charge is 2.32. The minimum absolute atomic E-state index is 0.0640. The third-order valence-electron chi connectivity index (χ3n) is 3.82. The molecule has 1 saturated carbocycles. The summed E-state index contributed by atoms with van der Waals surface area (Å²) in [7, 11) is 4.32. The van der Waals surface area contributed by atoms with E-state index in [4.69, 9.17) is 0 Å². The minimum atomic E-state index is -0.0640. The molecule has 0 spiro atoms. The zero-order valence-corrected chi connectivity index (χ0v) is 10.0. The lowest BCUT2D eigenvalue weighted by Gasteiger charge is -2.37. The fourth-order valence-corrected chi connectivity index (χ4v) is 2.51. The molecule has 0 aromatic carbocycles. The van der Waals surface area contributed by atoms with Gasteiger partial charge in [0.25, 0.3) is 0 Å². The average molecular weight is 212 g/mol. The molecule has 2 unspecified atom stereocenters. The summed E-state index contributed by atoms with van der Waals surface area (Å²) in [4.78, 5) is 4.76. The van der Waals surface area contributed by atoms with E-state index in [2.05, 4.69) is 23.9 Å². The first-order valence-electron chi connectivity index (χ1n) is 6.23. The first kappa shape index (κ1) is 11.4. The van der Waals surface area contributed by atoms with Crippen molar-refractivity contribution in [3.8, 4) is 0 Å². The molecule has 1 aliphatic heterocycles. The van der Waals surface area contributed by atoms with Crippen molar-refractivity contribution < 1.29 is 5.11 Å². The van der Waals surface area contributed by atoms with Gasteiger partial charge in [0.15, 0.2) is 0 Å². The molecule has 0 radical (unpaired) electrons. The van der Waals surface area contributed by atoms with Crippen molar-refractivity contribution >= 4 is 0 Å². The summed E-state index contributed by atoms with van der Waals surface area (Å²) in [6.45, 7) is 3.21. The summed E-state index contributed by atoms with van der Waals surface area (Å²) < 4.78 is 0. The summed E-state index contributed by atoms with van der Waals surface area (Å²) in [6.07, 6.45) is 5.01. The van der Waals surface area contributed by atoms with Crippen LogP contribution in [0.5, 0.6) is 0 Å². The van der Waals surface area contributed by atoms with Crippen LogP contribution in [0.4, 0.5) is 0 Å². The van der Waals surface area contributed by atoms with Gasteiger partial charge in [-0.25, -0.2) is 0 Å². The Kier molecular flexibility index (Phi) is 3.65. The highest BCUT2D eigenvalue weighted by atomic mass is 16.3. The normalized spacial score (nSPS) is 30.8. The van der Waals surface area contributed by atoms with Gasteiger partial charge in [0.2, 0.25) is 0 Å². The van der Waals surface area contributed by atoms with Crippen molar-refractivity contribution in [2.75, 3.05) is 33.7 Å². The van der Waals surface area contributed by atoms with Gasteiger partial charge in [-0.3, -0.25) is 4.90 Å². The van der Waals surface area contributed by atoms with Gasteiger partial charge in [-0.1, -0.05) is 0 Å². The molecule has 2 fully saturated rings. The van der Waals surface area contributed by atoms with E-state index in [0.29, 0.717) is 12.0 Å². The van der Waals surface area contributed by atoms with E-state index in [-0.39, 0.29) is 6.10 Å². The van der Waals surface area contributed by atoms with Crippen LogP contribution in [0.25, 0.3) is 0 Å². The van der Waals surface area contributed by atoms with Crippen LogP contribution >= 0.6 is 0 Å². The van der Waals surface area contributed by atoms with Gasteiger partial charge in [0.1, 0.15) is 0 Å². The predicted molar refractivity (Wildman–Crippen MR) is 61.9 cm³/mol. The quantitative estimate of drug-likeness (QED) is 0.746. The zero-order chi connectivity index (χ0) is 10.8. The fourth-order valence-electron chi connectivity index (χ4n) is 2.51. The number of piperidine rings is 1. The van der Waals surface area contributed by atoms with Crippen LogP contribution in [0.1, 0.15) is 25.7 Å². The average Bonchev–Trinajstić information content (AvgIpc) is 3.01. The molecule has 0 aromatic rings. The summed E-state index contributed by atoms with van der Waals surface area (Å²) >= 11 is 0. The van der Waals surface area contributed by atoms with E-state index >= 15 is 0 Å². The Morgan fingerprint density at radius 3 is 2.67 bits per heavy atom. The molecular formula is C12H24N2O. The molecule has 2 atom stereocenters. The largest absolute Gasteiger partial charge is 0.392 e. The Hall–Kier alpha value is -0.120. The molecule has 3 nitrogen and oxygen atoms in total. The molecular weight excluding hydrogens is 188 g/mol. The molecule has 3 heteroatoms. The fraction of sp³-hybridized carbons (Fsp3) is 1.00. The number of aliphatic hydroxyl groups excluding tert-OH is 1. The van der Waals surface area contributed by atoms with Crippen LogP contribution in [-0.2, 0) is 0 Å². The van der Waals surface area contributed by atoms with E-state index in [1.54, 1.807) is 0 Å². The maximum absolute atomic E-state index is 9.91. The second-order valence-corrected chi connectivity index (χ2v) is 5.42. The molecule has 1 heterocycles. The first-order chi connectivity index (χ1) is 7.16. The lowest BCUT2D eigenvalue weighted by molar-refractivity contribution is 0.0618. The van der Waals surface area contributed by atoms with Gasteiger partial charge in [0.05, 0.1) is 6.10 Å². The third-order valence-corrected chi connectivity index (χ3v) is 3.82. The van der Waals surface area contributed by atoms with Crippen molar-refractivity contribution in [2.24, 2.45) is 5.92 Å². The predicted octanol–water partition coefficient (Wildman–Crippen LogP) is 0.783. The van der Waals surface area contributed by atoms with Crippen LogP contribution in [0.15, 0.2) is 0 Å². The van der Waals surface area contributed by atoms with Crippen molar-refractivity contribution in [3.63, 3.8) is 0 Å². The minimum Gasteiger partial charge on any atom is -0.392 e. The molecule has 0 amide bonds. The van der Waals surface area contributed by atoms with E-state index < -0.39 is 0 Å². The molecule has 15 heavy (non-hydrogen) atoms. The van der Waals surface area contributed by atoms with Crippen molar-refractivity contribution in [1.29, 1.82) is 0 Å². The summed E-state index contributed by atoms with van der Waals surface area (Å²) in [5.74, 6) is 0.615. The molecule has 0 aromatic heterocycles. The Labute approximate surface area is 93.1 Å². The van der Waals surface area contributed by atoms with Crippen LogP contribution < -0.4 is 0 Å². The van der Waals surface area contributed by atoms with Gasteiger partial charge in [-0.15, -0.1) is 0 Å². The van der Waals surface area contributed by atoms with Crippen LogP contribution in [-0.4, -0.2) is 60.8 Å². The van der Waals surface area contributed by atoms with E-state index in [1.807, 2.05) is 0 Å². The SMILES string of the molecule is CN(C)C1CCCN(CC(O)C2CC2)C1. The van der Waals surface area contributed by atoms with Crippen LogP contribution in [0.3, 0.4) is 0 Å². The standard InChI is InChI=1S/C12H24N2O/c1-13(2)11-4-3-7-14(8-11)9-12(15)10-5-6-10/h10-12,15H,3-9H2,1-2H3. The number of rotatable bonds is 4. The highest BCUT2D eigenvalue weighted by Crippen LogP contribution is 2.33. The van der Waals surface area contributed by atoms with Gasteiger partial charge >= 0.3 is 0 Å². The van der Waals surface area contributed by atoms with Crippen molar-refractivity contribution in [2.45, 2.75) is 37.8 Å². The molecule has 88 valence electrons. The van der Waals surface area contributed by atoms with E-state index in [1.165, 1.54) is 32.2 Å². The highest BCUT2D eigenvalue weighted by molar-refractivity contribution is 4.85.